The first-order valence-corrected chi connectivity index (χ1v) is 11.2. The molecule has 1 N–H and O–H groups in total. The van der Waals surface area contributed by atoms with E-state index in [4.69, 9.17) is 9.47 Å². The number of Topliss-reactive ketones (excluding diaryl/α,β-unsaturated/α-hetero) is 1. The highest BCUT2D eigenvalue weighted by Gasteiger charge is 2.25. The molecule has 0 unspecified atom stereocenters. The number of ketones is 1. The lowest BCUT2D eigenvalue weighted by Gasteiger charge is -2.15. The summed E-state index contributed by atoms with van der Waals surface area (Å²) in [4.78, 5) is 26.3. The molecule has 0 aliphatic carbocycles. The highest BCUT2D eigenvalue weighted by molar-refractivity contribution is 7.00. The summed E-state index contributed by atoms with van der Waals surface area (Å²) < 4.78 is 19.0. The van der Waals surface area contributed by atoms with Crippen molar-refractivity contribution in [2.45, 2.75) is 13.3 Å². The Morgan fingerprint density at radius 1 is 0.853 bits per heavy atom. The number of carbonyl (C=O) groups is 2. The van der Waals surface area contributed by atoms with Gasteiger partial charge >= 0.3 is 5.97 Å². The fourth-order valence-electron chi connectivity index (χ4n) is 3.71. The van der Waals surface area contributed by atoms with E-state index in [1.165, 1.54) is 14.2 Å². The van der Waals surface area contributed by atoms with Gasteiger partial charge in [-0.05, 0) is 48.4 Å². The van der Waals surface area contributed by atoms with Crippen molar-refractivity contribution in [2.24, 2.45) is 0 Å². The molecular formula is C26H22N2O5S. The number of rotatable bonds is 8. The molecule has 3 aromatic carbocycles. The van der Waals surface area contributed by atoms with Crippen LogP contribution in [0.4, 0.5) is 0 Å². The van der Waals surface area contributed by atoms with Crippen molar-refractivity contribution in [2.75, 3.05) is 14.2 Å². The van der Waals surface area contributed by atoms with Crippen LogP contribution >= 0.6 is 11.7 Å². The third kappa shape index (κ3) is 4.67. The molecule has 1 aromatic heterocycles. The van der Waals surface area contributed by atoms with Crippen molar-refractivity contribution < 1.29 is 24.2 Å². The van der Waals surface area contributed by atoms with Gasteiger partial charge < -0.3 is 14.6 Å². The number of methoxy groups -OCH3 is 2. The number of nitrogens with zero attached hydrogens (tertiary/aromatic N) is 2. The molecule has 0 aliphatic heterocycles. The van der Waals surface area contributed by atoms with Gasteiger partial charge in [-0.1, -0.05) is 35.9 Å². The lowest BCUT2D eigenvalue weighted by atomic mass is 9.89. The van der Waals surface area contributed by atoms with Crippen LogP contribution < -0.4 is 9.47 Å². The monoisotopic (exact) mass is 474 g/mol. The smallest absolute Gasteiger partial charge is 0.336 e. The van der Waals surface area contributed by atoms with E-state index in [0.29, 0.717) is 33.7 Å². The zero-order valence-corrected chi connectivity index (χ0v) is 19.7. The molecule has 0 fully saturated rings. The molecule has 4 rings (SSSR count). The predicted molar refractivity (Wildman–Crippen MR) is 131 cm³/mol. The number of ether oxygens (including phenoxy) is 2. The number of aryl methyl sites for hydroxylation is 1. The summed E-state index contributed by atoms with van der Waals surface area (Å²) in [5.74, 6) is -0.744. The summed E-state index contributed by atoms with van der Waals surface area (Å²) in [5.41, 5.74) is 3.92. The van der Waals surface area contributed by atoms with E-state index in [9.17, 15) is 14.7 Å². The Kier molecular flexibility index (Phi) is 6.70. The molecule has 0 atom stereocenters. The van der Waals surface area contributed by atoms with E-state index >= 15 is 0 Å². The largest absolute Gasteiger partial charge is 0.493 e. The number of hydrogen-bond donors (Lipinski definition) is 1. The Morgan fingerprint density at radius 3 is 2.21 bits per heavy atom. The van der Waals surface area contributed by atoms with Crippen molar-refractivity contribution in [3.8, 4) is 11.5 Å². The Morgan fingerprint density at radius 2 is 1.53 bits per heavy atom. The Labute approximate surface area is 200 Å². The van der Waals surface area contributed by atoms with E-state index in [2.05, 4.69) is 8.75 Å². The number of carbonyl (C=O) groups excluding carboxylic acids is 1. The van der Waals surface area contributed by atoms with Crippen LogP contribution in [0.15, 0.2) is 66.2 Å². The second kappa shape index (κ2) is 9.84. The molecule has 0 spiro atoms. The third-order valence-electron chi connectivity index (χ3n) is 5.48. The molecule has 1 heterocycles. The Bertz CT molecular complexity index is 1410. The van der Waals surface area contributed by atoms with Gasteiger partial charge in [0.05, 0.1) is 31.5 Å². The topological polar surface area (TPSA) is 98.6 Å². The lowest BCUT2D eigenvalue weighted by Crippen LogP contribution is -2.14. The normalized spacial score (nSPS) is 11.7. The molecular weight excluding hydrogens is 452 g/mol. The lowest BCUT2D eigenvalue weighted by molar-refractivity contribution is -0.130. The van der Waals surface area contributed by atoms with E-state index in [0.717, 1.165) is 22.9 Å². The molecule has 0 amide bonds. The highest BCUT2D eigenvalue weighted by Crippen LogP contribution is 2.32. The van der Waals surface area contributed by atoms with Gasteiger partial charge in [-0.2, -0.15) is 8.75 Å². The molecule has 8 heteroatoms. The Balaban J connectivity index is 1.91. The number of allylic oxidation sites excluding steroid dienone is 1. The van der Waals surface area contributed by atoms with Crippen LogP contribution in [-0.2, 0) is 11.2 Å². The van der Waals surface area contributed by atoms with Crippen LogP contribution in [0.5, 0.6) is 11.5 Å². The first-order valence-electron chi connectivity index (χ1n) is 10.4. The highest BCUT2D eigenvalue weighted by atomic mass is 32.1. The van der Waals surface area contributed by atoms with Crippen molar-refractivity contribution in [1.82, 2.24) is 8.75 Å². The minimum absolute atomic E-state index is 0.0738. The molecule has 34 heavy (non-hydrogen) atoms. The van der Waals surface area contributed by atoms with Crippen LogP contribution in [-0.4, -0.2) is 39.8 Å². The fourth-order valence-corrected chi connectivity index (χ4v) is 4.23. The summed E-state index contributed by atoms with van der Waals surface area (Å²) in [6, 6.07) is 17.5. The molecule has 0 saturated heterocycles. The molecule has 0 bridgehead atoms. The Hall–Kier alpha value is -4.04. The minimum atomic E-state index is -1.20. The predicted octanol–water partition coefficient (Wildman–Crippen LogP) is 4.98. The van der Waals surface area contributed by atoms with E-state index in [1.54, 1.807) is 36.4 Å². The molecule has 4 aromatic rings. The van der Waals surface area contributed by atoms with Crippen LogP contribution in [0.3, 0.4) is 0 Å². The van der Waals surface area contributed by atoms with Gasteiger partial charge in [0.15, 0.2) is 17.3 Å². The summed E-state index contributed by atoms with van der Waals surface area (Å²) in [5, 5.41) is 10.2. The van der Waals surface area contributed by atoms with Gasteiger partial charge in [0.1, 0.15) is 11.0 Å². The molecule has 0 aliphatic rings. The summed E-state index contributed by atoms with van der Waals surface area (Å²) in [6.45, 7) is 1.97. The van der Waals surface area contributed by atoms with Crippen molar-refractivity contribution in [3.63, 3.8) is 0 Å². The maximum Gasteiger partial charge on any atom is 0.336 e. The molecule has 7 nitrogen and oxygen atoms in total. The van der Waals surface area contributed by atoms with E-state index < -0.39 is 11.8 Å². The van der Waals surface area contributed by atoms with Gasteiger partial charge in [-0.3, -0.25) is 4.79 Å². The van der Waals surface area contributed by atoms with Gasteiger partial charge in [0, 0.05) is 17.6 Å². The van der Waals surface area contributed by atoms with Crippen LogP contribution in [0.1, 0.15) is 27.0 Å². The number of hydrogen-bond acceptors (Lipinski definition) is 7. The quantitative estimate of drug-likeness (QED) is 0.284. The second-order valence-corrected chi connectivity index (χ2v) is 8.22. The van der Waals surface area contributed by atoms with Crippen molar-refractivity contribution in [1.29, 1.82) is 0 Å². The second-order valence-electron chi connectivity index (χ2n) is 7.69. The van der Waals surface area contributed by atoms with Crippen LogP contribution in [0.2, 0.25) is 0 Å². The van der Waals surface area contributed by atoms with Gasteiger partial charge in [-0.25, -0.2) is 4.79 Å². The molecule has 0 saturated carbocycles. The maximum atomic E-state index is 13.8. The molecule has 0 radical (unpaired) electrons. The number of carboxylic acid groups (broad SMARTS) is 1. The van der Waals surface area contributed by atoms with Crippen LogP contribution in [0, 0.1) is 6.92 Å². The van der Waals surface area contributed by atoms with Gasteiger partial charge in [0.25, 0.3) is 0 Å². The summed E-state index contributed by atoms with van der Waals surface area (Å²) in [6.07, 6.45) is 0.141. The van der Waals surface area contributed by atoms with Gasteiger partial charge in [0.2, 0.25) is 0 Å². The average molecular weight is 475 g/mol. The fraction of sp³-hybridized carbons (Fsp3) is 0.154. The standard InChI is InChI=1S/C26H22N2O5S/c1-15-4-6-16(7-5-15)12-19(25(29)18-9-11-22(32-2)23(14-18)33-3)24(26(30)31)17-8-10-20-21(13-17)28-34-27-20/h4-11,13-14H,12H2,1-3H3,(H,30,31)/b24-19+. The number of aliphatic carboxylic acids is 1. The maximum absolute atomic E-state index is 13.8. The van der Waals surface area contributed by atoms with Gasteiger partial charge in [-0.15, -0.1) is 0 Å². The van der Waals surface area contributed by atoms with Crippen LogP contribution in [0.25, 0.3) is 16.6 Å². The summed E-state index contributed by atoms with van der Waals surface area (Å²) >= 11 is 1.05. The number of fused-ring (bicyclic) bond motifs is 1. The zero-order chi connectivity index (χ0) is 24.2. The summed E-state index contributed by atoms with van der Waals surface area (Å²) in [7, 11) is 2.99. The number of aromatic nitrogens is 2. The average Bonchev–Trinajstić information content (AvgIpc) is 3.32. The SMILES string of the molecule is COc1ccc(C(=O)/C(Cc2ccc(C)cc2)=C(/C(=O)O)c2ccc3nsnc3c2)cc1OC. The number of carboxylic acids is 1. The first-order chi connectivity index (χ1) is 16.4. The van der Waals surface area contributed by atoms with Crippen molar-refractivity contribution in [3.05, 3.63) is 88.5 Å². The van der Waals surface area contributed by atoms with E-state index in [1.807, 2.05) is 31.2 Å². The molecule has 172 valence electrons. The third-order valence-corrected chi connectivity index (χ3v) is 6.04. The van der Waals surface area contributed by atoms with Crippen molar-refractivity contribution >= 4 is 40.1 Å². The zero-order valence-electron chi connectivity index (χ0n) is 18.9. The first kappa shape index (κ1) is 23.1. The minimum Gasteiger partial charge on any atom is -0.493 e. The van der Waals surface area contributed by atoms with E-state index in [-0.39, 0.29) is 17.6 Å². The number of benzene rings is 3.